The number of hydrogen-bond acceptors (Lipinski definition) is 1. The summed E-state index contributed by atoms with van der Waals surface area (Å²) in [5.74, 6) is 0.770. The Bertz CT molecular complexity index is 427. The Labute approximate surface area is 108 Å². The standard InChI is InChI=1S/C14H21O3P/c1-11-2-6-13(7-3-11)14-8-4-12(5-9-14)10-18(15,16)17/h2-3,6-7,12,14H,4-5,8-10H2,1H3,(H2,15,16,17)/t12-,14-. The monoisotopic (exact) mass is 268 g/mol. The molecule has 1 aliphatic carbocycles. The van der Waals surface area contributed by atoms with Crippen molar-refractivity contribution in [2.75, 3.05) is 6.16 Å². The highest BCUT2D eigenvalue weighted by Crippen LogP contribution is 2.44. The van der Waals surface area contributed by atoms with E-state index in [1.807, 2.05) is 0 Å². The van der Waals surface area contributed by atoms with Crippen molar-refractivity contribution < 1.29 is 14.4 Å². The van der Waals surface area contributed by atoms with Gasteiger partial charge in [0.05, 0.1) is 6.16 Å². The predicted octanol–water partition coefficient (Wildman–Crippen LogP) is 3.45. The molecule has 0 aliphatic heterocycles. The van der Waals surface area contributed by atoms with Crippen molar-refractivity contribution in [1.82, 2.24) is 0 Å². The summed E-state index contributed by atoms with van der Waals surface area (Å²) in [6.07, 6.45) is 4.03. The van der Waals surface area contributed by atoms with E-state index in [-0.39, 0.29) is 12.1 Å². The molecule has 0 saturated heterocycles. The minimum absolute atomic E-state index is 0.0631. The second-order valence-corrected chi connectivity index (χ2v) is 7.17. The quantitative estimate of drug-likeness (QED) is 0.825. The van der Waals surface area contributed by atoms with Crippen LogP contribution in [0.25, 0.3) is 0 Å². The fourth-order valence-electron chi connectivity index (χ4n) is 2.85. The number of benzene rings is 1. The number of aryl methyl sites for hydroxylation is 1. The van der Waals surface area contributed by atoms with Crippen molar-refractivity contribution in [2.24, 2.45) is 5.92 Å². The van der Waals surface area contributed by atoms with Crippen molar-refractivity contribution in [1.29, 1.82) is 0 Å². The maximum absolute atomic E-state index is 11.0. The molecule has 0 heterocycles. The van der Waals surface area contributed by atoms with Gasteiger partial charge in [0.1, 0.15) is 0 Å². The van der Waals surface area contributed by atoms with E-state index in [1.54, 1.807) is 0 Å². The van der Waals surface area contributed by atoms with E-state index in [4.69, 9.17) is 9.79 Å². The molecular weight excluding hydrogens is 247 g/mol. The molecule has 1 fully saturated rings. The lowest BCUT2D eigenvalue weighted by Crippen LogP contribution is -2.16. The Morgan fingerprint density at radius 2 is 1.67 bits per heavy atom. The van der Waals surface area contributed by atoms with Gasteiger partial charge in [-0.1, -0.05) is 29.8 Å². The SMILES string of the molecule is Cc1ccc([C@H]2CC[C@H](CP(=O)(O)O)CC2)cc1. The molecule has 4 heteroatoms. The summed E-state index contributed by atoms with van der Waals surface area (Å²) in [4.78, 5) is 18.0. The zero-order valence-corrected chi connectivity index (χ0v) is 11.6. The van der Waals surface area contributed by atoms with Gasteiger partial charge < -0.3 is 9.79 Å². The minimum atomic E-state index is -3.83. The van der Waals surface area contributed by atoms with Gasteiger partial charge in [0.25, 0.3) is 0 Å². The van der Waals surface area contributed by atoms with Gasteiger partial charge in [0.2, 0.25) is 0 Å². The van der Waals surface area contributed by atoms with Gasteiger partial charge >= 0.3 is 7.60 Å². The van der Waals surface area contributed by atoms with Crippen LogP contribution in [0.5, 0.6) is 0 Å². The summed E-state index contributed by atoms with van der Waals surface area (Å²) in [6.45, 7) is 2.08. The molecule has 0 unspecified atom stereocenters. The van der Waals surface area contributed by atoms with Gasteiger partial charge in [0.15, 0.2) is 0 Å². The minimum Gasteiger partial charge on any atom is -0.324 e. The molecule has 2 rings (SSSR count). The van der Waals surface area contributed by atoms with Crippen LogP contribution >= 0.6 is 7.60 Å². The van der Waals surface area contributed by atoms with Crippen LogP contribution in [0, 0.1) is 12.8 Å². The van der Waals surface area contributed by atoms with Crippen LogP contribution in [0.15, 0.2) is 24.3 Å². The average molecular weight is 268 g/mol. The maximum atomic E-state index is 11.0. The first-order valence-electron chi connectivity index (χ1n) is 6.55. The Morgan fingerprint density at radius 3 is 2.17 bits per heavy atom. The molecule has 0 aromatic heterocycles. The number of hydrogen-bond donors (Lipinski definition) is 2. The normalized spacial score (nSPS) is 25.1. The lowest BCUT2D eigenvalue weighted by atomic mass is 9.79. The van der Waals surface area contributed by atoms with Crippen molar-refractivity contribution in [3.63, 3.8) is 0 Å². The Morgan fingerprint density at radius 1 is 1.11 bits per heavy atom. The van der Waals surface area contributed by atoms with Gasteiger partial charge in [0, 0.05) is 0 Å². The molecule has 0 atom stereocenters. The smallest absolute Gasteiger partial charge is 0.324 e. The predicted molar refractivity (Wildman–Crippen MR) is 72.8 cm³/mol. The third-order valence-corrected chi connectivity index (χ3v) is 4.88. The van der Waals surface area contributed by atoms with Crippen molar-refractivity contribution >= 4 is 7.60 Å². The molecule has 0 spiro atoms. The van der Waals surface area contributed by atoms with Gasteiger partial charge in [-0.05, 0) is 50.0 Å². The summed E-state index contributed by atoms with van der Waals surface area (Å²) in [5, 5.41) is 0. The molecular formula is C14H21O3P. The molecule has 1 aromatic carbocycles. The second-order valence-electron chi connectivity index (χ2n) is 5.48. The Hall–Kier alpha value is -0.630. The zero-order valence-electron chi connectivity index (χ0n) is 10.7. The van der Waals surface area contributed by atoms with Crippen LogP contribution in [0.2, 0.25) is 0 Å². The average Bonchev–Trinajstić information content (AvgIpc) is 2.29. The molecule has 100 valence electrons. The van der Waals surface area contributed by atoms with Crippen LogP contribution in [-0.2, 0) is 4.57 Å². The van der Waals surface area contributed by atoms with Gasteiger partial charge in [-0.25, -0.2) is 0 Å². The highest BCUT2D eigenvalue weighted by atomic mass is 31.2. The van der Waals surface area contributed by atoms with Crippen LogP contribution in [0.4, 0.5) is 0 Å². The van der Waals surface area contributed by atoms with E-state index in [0.29, 0.717) is 5.92 Å². The van der Waals surface area contributed by atoms with E-state index in [0.717, 1.165) is 25.7 Å². The fraction of sp³-hybridized carbons (Fsp3) is 0.571. The zero-order chi connectivity index (χ0) is 13.2. The largest absolute Gasteiger partial charge is 0.325 e. The molecule has 1 aromatic rings. The van der Waals surface area contributed by atoms with E-state index < -0.39 is 7.60 Å². The van der Waals surface area contributed by atoms with Crippen molar-refractivity contribution in [3.05, 3.63) is 35.4 Å². The highest BCUT2D eigenvalue weighted by molar-refractivity contribution is 7.51. The summed E-state index contributed by atoms with van der Waals surface area (Å²) < 4.78 is 11.0. The van der Waals surface area contributed by atoms with Crippen molar-refractivity contribution in [2.45, 2.75) is 38.5 Å². The number of rotatable bonds is 3. The molecule has 0 bridgehead atoms. The van der Waals surface area contributed by atoms with Crippen LogP contribution in [-0.4, -0.2) is 15.9 Å². The lowest BCUT2D eigenvalue weighted by Gasteiger charge is -2.29. The summed E-state index contributed by atoms with van der Waals surface area (Å²) in [5.41, 5.74) is 2.64. The van der Waals surface area contributed by atoms with E-state index in [1.165, 1.54) is 11.1 Å². The Balaban J connectivity index is 1.90. The molecule has 1 aliphatic rings. The first-order chi connectivity index (χ1) is 8.44. The van der Waals surface area contributed by atoms with Crippen LogP contribution < -0.4 is 0 Å². The van der Waals surface area contributed by atoms with Crippen LogP contribution in [0.1, 0.15) is 42.7 Å². The molecule has 0 amide bonds. The molecule has 18 heavy (non-hydrogen) atoms. The van der Waals surface area contributed by atoms with Crippen LogP contribution in [0.3, 0.4) is 0 Å². The van der Waals surface area contributed by atoms with E-state index in [2.05, 4.69) is 31.2 Å². The topological polar surface area (TPSA) is 57.5 Å². The highest BCUT2D eigenvalue weighted by Gasteiger charge is 2.27. The lowest BCUT2D eigenvalue weighted by molar-refractivity contribution is 0.316. The molecule has 0 radical (unpaired) electrons. The molecule has 3 nitrogen and oxygen atoms in total. The van der Waals surface area contributed by atoms with Crippen molar-refractivity contribution in [3.8, 4) is 0 Å². The van der Waals surface area contributed by atoms with Gasteiger partial charge in [-0.15, -0.1) is 0 Å². The molecule has 2 N–H and O–H groups in total. The summed E-state index contributed by atoms with van der Waals surface area (Å²) in [6, 6.07) is 8.64. The summed E-state index contributed by atoms with van der Waals surface area (Å²) in [7, 11) is -3.83. The fourth-order valence-corrected chi connectivity index (χ4v) is 3.89. The van der Waals surface area contributed by atoms with Gasteiger partial charge in [-0.2, -0.15) is 0 Å². The maximum Gasteiger partial charge on any atom is 0.325 e. The Kier molecular flexibility index (Phi) is 4.26. The third kappa shape index (κ3) is 3.94. The molecule has 1 saturated carbocycles. The second kappa shape index (κ2) is 5.56. The van der Waals surface area contributed by atoms with E-state index in [9.17, 15) is 4.57 Å². The van der Waals surface area contributed by atoms with Gasteiger partial charge in [-0.3, -0.25) is 4.57 Å². The van der Waals surface area contributed by atoms with E-state index >= 15 is 0 Å². The first-order valence-corrected chi connectivity index (χ1v) is 8.35. The third-order valence-electron chi connectivity index (χ3n) is 3.89. The first kappa shape index (κ1) is 13.8. The summed E-state index contributed by atoms with van der Waals surface area (Å²) >= 11 is 0.